The Kier molecular flexibility index (Phi) is 5.77. The Bertz CT molecular complexity index is 1180. The van der Waals surface area contributed by atoms with Gasteiger partial charge in [0.1, 0.15) is 23.1 Å². The van der Waals surface area contributed by atoms with E-state index in [4.69, 9.17) is 9.26 Å². The summed E-state index contributed by atoms with van der Waals surface area (Å²) in [5.74, 6) is -1.35. The average Bonchev–Trinajstić information content (AvgIpc) is 3.33. The molecule has 32 heavy (non-hydrogen) atoms. The molecule has 0 radical (unpaired) electrons. The molecule has 1 fully saturated rings. The zero-order valence-corrected chi connectivity index (χ0v) is 17.5. The minimum absolute atomic E-state index is 0.121. The third-order valence-corrected chi connectivity index (χ3v) is 5.09. The first-order valence-electron chi connectivity index (χ1n) is 10.1. The number of ketones is 1. The number of amides is 1. The molecular weight excluding hydrogens is 415 g/mol. The molecule has 0 aliphatic carbocycles. The van der Waals surface area contributed by atoms with Gasteiger partial charge in [-0.15, -0.1) is 0 Å². The van der Waals surface area contributed by atoms with Gasteiger partial charge in [0.15, 0.2) is 5.82 Å². The topological polar surface area (TPSA) is 92.9 Å². The maximum Gasteiger partial charge on any atom is 0.301 e. The summed E-state index contributed by atoms with van der Waals surface area (Å²) in [5.41, 5.74) is 0.662. The molecule has 1 saturated heterocycles. The molecule has 1 amide bonds. The lowest BCUT2D eigenvalue weighted by Crippen LogP contribution is -2.29. The highest BCUT2D eigenvalue weighted by molar-refractivity contribution is 6.51. The molecule has 4 rings (SSSR count). The van der Waals surface area contributed by atoms with E-state index in [2.05, 4.69) is 5.16 Å². The number of aliphatic hydroxyl groups is 1. The summed E-state index contributed by atoms with van der Waals surface area (Å²) in [5, 5.41) is 14.9. The smallest absolute Gasteiger partial charge is 0.301 e. The number of hydrogen-bond acceptors (Lipinski definition) is 6. The zero-order valence-electron chi connectivity index (χ0n) is 17.5. The van der Waals surface area contributed by atoms with Crippen LogP contribution in [0.15, 0.2) is 64.7 Å². The van der Waals surface area contributed by atoms with Crippen molar-refractivity contribution in [3.05, 3.63) is 82.9 Å². The van der Waals surface area contributed by atoms with Crippen molar-refractivity contribution in [2.45, 2.75) is 26.3 Å². The van der Waals surface area contributed by atoms with Gasteiger partial charge in [-0.05, 0) is 55.3 Å². The number of nitrogens with zero attached hydrogens (tertiary/aromatic N) is 2. The lowest BCUT2D eigenvalue weighted by molar-refractivity contribution is -0.132. The molecule has 3 aromatic rings. The summed E-state index contributed by atoms with van der Waals surface area (Å²) >= 11 is 0. The number of halogens is 1. The summed E-state index contributed by atoms with van der Waals surface area (Å²) in [4.78, 5) is 27.2. The van der Waals surface area contributed by atoms with Crippen LogP contribution in [-0.2, 0) is 9.59 Å². The number of ether oxygens (including phenoxy) is 1. The number of aliphatic hydroxyl groups excluding tert-OH is 1. The van der Waals surface area contributed by atoms with Crippen molar-refractivity contribution in [2.75, 3.05) is 11.5 Å². The first-order chi connectivity index (χ1) is 15.4. The molecule has 1 atom stereocenters. The predicted octanol–water partition coefficient (Wildman–Crippen LogP) is 4.54. The van der Waals surface area contributed by atoms with Gasteiger partial charge in [-0.25, -0.2) is 4.39 Å². The van der Waals surface area contributed by atoms with Gasteiger partial charge in [-0.1, -0.05) is 24.2 Å². The Balaban J connectivity index is 1.85. The third kappa shape index (κ3) is 3.87. The van der Waals surface area contributed by atoms with E-state index in [0.29, 0.717) is 23.7 Å². The Labute approximate surface area is 183 Å². The first kappa shape index (κ1) is 21.3. The largest absolute Gasteiger partial charge is 0.507 e. The van der Waals surface area contributed by atoms with Crippen LogP contribution < -0.4 is 9.64 Å². The zero-order chi connectivity index (χ0) is 22.8. The minimum Gasteiger partial charge on any atom is -0.507 e. The first-order valence-corrected chi connectivity index (χ1v) is 10.1. The van der Waals surface area contributed by atoms with E-state index < -0.39 is 29.3 Å². The van der Waals surface area contributed by atoms with Gasteiger partial charge >= 0.3 is 5.91 Å². The minimum atomic E-state index is -0.954. The van der Waals surface area contributed by atoms with Crippen LogP contribution in [0.25, 0.3) is 5.76 Å². The molecule has 1 N–H and O–H groups in total. The molecule has 0 bridgehead atoms. The van der Waals surface area contributed by atoms with E-state index >= 15 is 0 Å². The number of carbonyl (C=O) groups excluding carboxylic acids is 2. The van der Waals surface area contributed by atoms with Crippen molar-refractivity contribution in [2.24, 2.45) is 0 Å². The highest BCUT2D eigenvalue weighted by Crippen LogP contribution is 2.42. The molecule has 8 heteroatoms. The van der Waals surface area contributed by atoms with Crippen LogP contribution in [-0.4, -0.2) is 28.6 Å². The van der Waals surface area contributed by atoms with E-state index in [0.717, 1.165) is 6.42 Å². The normalized spacial score (nSPS) is 17.7. The van der Waals surface area contributed by atoms with Gasteiger partial charge in [0.2, 0.25) is 0 Å². The fraction of sp³-hybridized carbons (Fsp3) is 0.208. The second-order valence-electron chi connectivity index (χ2n) is 7.39. The van der Waals surface area contributed by atoms with Crippen molar-refractivity contribution in [3.8, 4) is 5.75 Å². The molecule has 164 valence electrons. The third-order valence-electron chi connectivity index (χ3n) is 5.09. The summed E-state index contributed by atoms with van der Waals surface area (Å²) in [6.07, 6.45) is 0.852. The summed E-state index contributed by atoms with van der Waals surface area (Å²) in [7, 11) is 0. The van der Waals surface area contributed by atoms with Crippen molar-refractivity contribution in [1.82, 2.24) is 5.16 Å². The average molecular weight is 436 g/mol. The van der Waals surface area contributed by atoms with Crippen molar-refractivity contribution in [1.29, 1.82) is 0 Å². The number of aryl methyl sites for hydroxylation is 1. The quantitative estimate of drug-likeness (QED) is 0.347. The lowest BCUT2D eigenvalue weighted by Gasteiger charge is -2.23. The molecule has 1 aromatic heterocycles. The van der Waals surface area contributed by atoms with Gasteiger partial charge in [0, 0.05) is 11.6 Å². The summed E-state index contributed by atoms with van der Waals surface area (Å²) in [6.45, 7) is 4.22. The van der Waals surface area contributed by atoms with Crippen LogP contribution in [0.5, 0.6) is 5.75 Å². The molecule has 2 aromatic carbocycles. The Morgan fingerprint density at radius 2 is 1.84 bits per heavy atom. The second kappa shape index (κ2) is 8.66. The maximum atomic E-state index is 13.4. The molecule has 7 nitrogen and oxygen atoms in total. The van der Waals surface area contributed by atoms with Crippen LogP contribution >= 0.6 is 0 Å². The van der Waals surface area contributed by atoms with Gasteiger partial charge in [0.25, 0.3) is 5.78 Å². The molecule has 2 heterocycles. The van der Waals surface area contributed by atoms with Crippen molar-refractivity contribution < 1.29 is 28.3 Å². The van der Waals surface area contributed by atoms with Crippen molar-refractivity contribution in [3.63, 3.8) is 0 Å². The van der Waals surface area contributed by atoms with Crippen LogP contribution in [0.2, 0.25) is 0 Å². The van der Waals surface area contributed by atoms with Gasteiger partial charge in [-0.3, -0.25) is 14.5 Å². The molecule has 1 aliphatic rings. The van der Waals surface area contributed by atoms with Gasteiger partial charge in [0.05, 0.1) is 18.2 Å². The second-order valence-corrected chi connectivity index (χ2v) is 7.39. The van der Waals surface area contributed by atoms with Gasteiger partial charge < -0.3 is 14.4 Å². The molecule has 0 unspecified atom stereocenters. The Morgan fingerprint density at radius 3 is 2.44 bits per heavy atom. The van der Waals surface area contributed by atoms with E-state index in [-0.39, 0.29) is 17.0 Å². The molecule has 1 aliphatic heterocycles. The fourth-order valence-electron chi connectivity index (χ4n) is 3.58. The number of hydrogen-bond donors (Lipinski definition) is 1. The standard InChI is InChI=1S/C24H21FN2O5/c1-3-12-31-18-10-6-15(7-11-18)21-20(22(28)16-4-8-17(25)9-5-16)23(29)24(30)27(21)19-13-14(2)32-26-19/h4-11,13,21,28H,3,12H2,1-2H3/b22-20+/t21-/m1/s1. The Hall–Kier alpha value is -3.94. The SMILES string of the molecule is CCCOc1ccc([C@@H]2/C(=C(\O)c3ccc(F)cc3)C(=O)C(=O)N2c2cc(C)on2)cc1. The maximum absolute atomic E-state index is 13.4. The van der Waals surface area contributed by atoms with Crippen LogP contribution in [0.4, 0.5) is 10.2 Å². The Morgan fingerprint density at radius 1 is 1.16 bits per heavy atom. The highest BCUT2D eigenvalue weighted by atomic mass is 19.1. The predicted molar refractivity (Wildman–Crippen MR) is 115 cm³/mol. The number of aromatic nitrogens is 1. The van der Waals surface area contributed by atoms with Crippen LogP contribution in [0.1, 0.15) is 36.3 Å². The number of benzene rings is 2. The molecule has 0 saturated carbocycles. The van der Waals surface area contributed by atoms with E-state index in [1.807, 2.05) is 6.92 Å². The van der Waals surface area contributed by atoms with Crippen LogP contribution in [0.3, 0.4) is 0 Å². The van der Waals surface area contributed by atoms with E-state index in [1.165, 1.54) is 35.2 Å². The molecule has 0 spiro atoms. The van der Waals surface area contributed by atoms with E-state index in [1.54, 1.807) is 31.2 Å². The number of Topliss-reactive ketones (excluding diaryl/α,β-unsaturated/α-hetero) is 1. The summed E-state index contributed by atoms with van der Waals surface area (Å²) < 4.78 is 24.1. The number of rotatable bonds is 6. The fourth-order valence-corrected chi connectivity index (χ4v) is 3.58. The van der Waals surface area contributed by atoms with Crippen molar-refractivity contribution >= 4 is 23.3 Å². The van der Waals surface area contributed by atoms with E-state index in [9.17, 15) is 19.1 Å². The van der Waals surface area contributed by atoms with Gasteiger partial charge in [-0.2, -0.15) is 0 Å². The number of carbonyl (C=O) groups is 2. The van der Waals surface area contributed by atoms with Crippen LogP contribution in [0, 0.1) is 12.7 Å². The monoisotopic (exact) mass is 436 g/mol. The number of anilines is 1. The molecular formula is C24H21FN2O5. The highest BCUT2D eigenvalue weighted by Gasteiger charge is 2.48. The summed E-state index contributed by atoms with van der Waals surface area (Å²) in [6, 6.07) is 12.5. The lowest BCUT2D eigenvalue weighted by atomic mass is 9.95.